The van der Waals surface area contributed by atoms with Crippen LogP contribution in [-0.2, 0) is 25.3 Å². The fourth-order valence-electron chi connectivity index (χ4n) is 3.44. The summed E-state index contributed by atoms with van der Waals surface area (Å²) in [7, 11) is -0.451. The number of amides is 1. The molecule has 168 valence electrons. The lowest BCUT2D eigenvalue weighted by atomic mass is 9.82. The second-order valence-corrected chi connectivity index (χ2v) is 10.9. The summed E-state index contributed by atoms with van der Waals surface area (Å²) in [5.74, 6) is 0. The first-order valence-corrected chi connectivity index (χ1v) is 10.6. The summed E-state index contributed by atoms with van der Waals surface area (Å²) in [6.45, 7) is 19.1. The minimum atomic E-state index is -0.541. The van der Waals surface area contributed by atoms with E-state index in [9.17, 15) is 4.79 Å². The minimum absolute atomic E-state index is 0.184. The summed E-state index contributed by atoms with van der Waals surface area (Å²) in [4.78, 5) is 14.5. The molecule has 30 heavy (non-hydrogen) atoms. The van der Waals surface area contributed by atoms with Gasteiger partial charge in [-0.25, -0.2) is 4.79 Å². The van der Waals surface area contributed by atoms with Crippen LogP contribution < -0.4 is 5.46 Å². The average molecular weight is 421 g/mol. The summed E-state index contributed by atoms with van der Waals surface area (Å²) >= 11 is 0. The second-order valence-electron chi connectivity index (χ2n) is 10.9. The number of nitrogens with zero attached hydrogens (tertiary/aromatic N) is 3. The predicted octanol–water partition coefficient (Wildman–Crippen LogP) is 2.60. The van der Waals surface area contributed by atoms with Gasteiger partial charge in [-0.1, -0.05) is 0 Å². The molecule has 2 saturated heterocycles. The van der Waals surface area contributed by atoms with Crippen LogP contribution in [-0.4, -0.2) is 69.5 Å². The standard InChI is InChI=1S/C21H36BN3O5/c1-18(2,3)28-17(26)25-13-16(27-14-19(25,4)5)12-24-11-15(10-23-24)22-29-20(6,7)21(8,9)30-22/h10-11,16H,12-14H2,1-9H3/t16-/m0/s1. The van der Waals surface area contributed by atoms with E-state index in [0.29, 0.717) is 19.7 Å². The Labute approximate surface area is 180 Å². The van der Waals surface area contributed by atoms with Gasteiger partial charge in [-0.2, -0.15) is 5.10 Å². The van der Waals surface area contributed by atoms with Gasteiger partial charge in [-0.15, -0.1) is 0 Å². The van der Waals surface area contributed by atoms with Gasteiger partial charge in [0.2, 0.25) is 0 Å². The molecule has 0 unspecified atom stereocenters. The molecule has 0 saturated carbocycles. The molecule has 0 radical (unpaired) electrons. The van der Waals surface area contributed by atoms with Crippen LogP contribution in [0.1, 0.15) is 62.3 Å². The van der Waals surface area contributed by atoms with Gasteiger partial charge in [0.1, 0.15) is 5.60 Å². The van der Waals surface area contributed by atoms with Gasteiger partial charge in [0, 0.05) is 17.9 Å². The third-order valence-corrected chi connectivity index (χ3v) is 5.97. The van der Waals surface area contributed by atoms with Gasteiger partial charge in [0.25, 0.3) is 0 Å². The summed E-state index contributed by atoms with van der Waals surface area (Å²) in [5, 5.41) is 4.46. The lowest BCUT2D eigenvalue weighted by Crippen LogP contribution is -2.59. The number of carbonyl (C=O) groups excluding carboxylic acids is 1. The number of ether oxygens (including phenoxy) is 2. The molecule has 0 aromatic carbocycles. The highest BCUT2D eigenvalue weighted by molar-refractivity contribution is 6.61. The molecular formula is C21H36BN3O5. The molecule has 2 aliphatic rings. The lowest BCUT2D eigenvalue weighted by Gasteiger charge is -2.45. The summed E-state index contributed by atoms with van der Waals surface area (Å²) in [5.41, 5.74) is -0.900. The fraction of sp³-hybridized carbons (Fsp3) is 0.810. The molecule has 2 fully saturated rings. The molecule has 8 nitrogen and oxygen atoms in total. The zero-order valence-electron chi connectivity index (χ0n) is 19.8. The van der Waals surface area contributed by atoms with Crippen LogP contribution in [0.2, 0.25) is 0 Å². The fourth-order valence-corrected chi connectivity index (χ4v) is 3.44. The zero-order valence-corrected chi connectivity index (χ0v) is 19.8. The molecule has 1 aromatic heterocycles. The molecular weight excluding hydrogens is 385 g/mol. The Kier molecular flexibility index (Phi) is 5.80. The van der Waals surface area contributed by atoms with Gasteiger partial charge in [0.05, 0.1) is 42.5 Å². The minimum Gasteiger partial charge on any atom is -0.444 e. The second kappa shape index (κ2) is 7.53. The Hall–Kier alpha value is -1.58. The quantitative estimate of drug-likeness (QED) is 0.699. The van der Waals surface area contributed by atoms with Crippen LogP contribution in [0.15, 0.2) is 12.4 Å². The number of aromatic nitrogens is 2. The van der Waals surface area contributed by atoms with Crippen molar-refractivity contribution in [1.29, 1.82) is 0 Å². The van der Waals surface area contributed by atoms with E-state index in [2.05, 4.69) is 5.10 Å². The van der Waals surface area contributed by atoms with Crippen molar-refractivity contribution in [2.45, 2.75) is 97.3 Å². The van der Waals surface area contributed by atoms with Crippen molar-refractivity contribution in [3.63, 3.8) is 0 Å². The molecule has 0 bridgehead atoms. The van der Waals surface area contributed by atoms with Crippen LogP contribution in [0.5, 0.6) is 0 Å². The van der Waals surface area contributed by atoms with Crippen LogP contribution in [0.25, 0.3) is 0 Å². The third-order valence-electron chi connectivity index (χ3n) is 5.97. The number of morpholine rings is 1. The Bertz CT molecular complexity index is 768. The first-order valence-electron chi connectivity index (χ1n) is 10.6. The van der Waals surface area contributed by atoms with Gasteiger partial charge in [-0.05, 0) is 62.3 Å². The van der Waals surface area contributed by atoms with Crippen molar-refractivity contribution in [2.75, 3.05) is 13.2 Å². The molecule has 0 spiro atoms. The summed E-state index contributed by atoms with van der Waals surface area (Å²) in [6, 6.07) is 0. The summed E-state index contributed by atoms with van der Waals surface area (Å²) in [6.07, 6.45) is 3.18. The monoisotopic (exact) mass is 421 g/mol. The van der Waals surface area contributed by atoms with E-state index >= 15 is 0 Å². The maximum atomic E-state index is 12.7. The van der Waals surface area contributed by atoms with Crippen molar-refractivity contribution < 1.29 is 23.6 Å². The molecule has 2 aliphatic heterocycles. The molecule has 3 rings (SSSR count). The van der Waals surface area contributed by atoms with Crippen molar-refractivity contribution in [3.8, 4) is 0 Å². The van der Waals surface area contributed by atoms with Crippen molar-refractivity contribution in [3.05, 3.63) is 12.4 Å². The Morgan fingerprint density at radius 2 is 1.80 bits per heavy atom. The van der Waals surface area contributed by atoms with E-state index in [0.717, 1.165) is 5.46 Å². The zero-order chi connectivity index (χ0) is 22.5. The molecule has 1 atom stereocenters. The van der Waals surface area contributed by atoms with Crippen LogP contribution in [0, 0.1) is 0 Å². The predicted molar refractivity (Wildman–Crippen MR) is 115 cm³/mol. The molecule has 0 aliphatic carbocycles. The van der Waals surface area contributed by atoms with Gasteiger partial charge < -0.3 is 18.8 Å². The summed E-state index contributed by atoms with van der Waals surface area (Å²) < 4.78 is 25.6. The normalized spacial score (nSPS) is 25.4. The highest BCUT2D eigenvalue weighted by Crippen LogP contribution is 2.36. The number of rotatable bonds is 3. The van der Waals surface area contributed by atoms with E-state index in [4.69, 9.17) is 18.8 Å². The smallest absolute Gasteiger partial charge is 0.444 e. The molecule has 1 aromatic rings. The van der Waals surface area contributed by atoms with Crippen LogP contribution >= 0.6 is 0 Å². The van der Waals surface area contributed by atoms with Gasteiger partial charge in [-0.3, -0.25) is 9.58 Å². The maximum Gasteiger partial charge on any atom is 0.498 e. The highest BCUT2D eigenvalue weighted by Gasteiger charge is 2.52. The van der Waals surface area contributed by atoms with E-state index in [-0.39, 0.29) is 12.2 Å². The molecule has 9 heteroatoms. The average Bonchev–Trinajstić information content (AvgIpc) is 3.09. The third kappa shape index (κ3) is 4.84. The molecule has 3 heterocycles. The van der Waals surface area contributed by atoms with E-state index in [1.54, 1.807) is 11.1 Å². The SMILES string of the molecule is CC(C)(C)OC(=O)N1C[C@H](Cn2cc(B3OC(C)(C)C(C)(C)O3)cn2)OCC1(C)C. The van der Waals surface area contributed by atoms with Crippen LogP contribution in [0.3, 0.4) is 0 Å². The largest absolute Gasteiger partial charge is 0.498 e. The highest BCUT2D eigenvalue weighted by atomic mass is 16.7. The first-order chi connectivity index (χ1) is 13.6. The molecule has 0 N–H and O–H groups in total. The van der Waals surface area contributed by atoms with Crippen molar-refractivity contribution in [1.82, 2.24) is 14.7 Å². The lowest BCUT2D eigenvalue weighted by molar-refractivity contribution is -0.103. The van der Waals surface area contributed by atoms with Gasteiger partial charge >= 0.3 is 13.2 Å². The topological polar surface area (TPSA) is 75.1 Å². The number of hydrogen-bond acceptors (Lipinski definition) is 6. The Morgan fingerprint density at radius 1 is 1.20 bits per heavy atom. The van der Waals surface area contributed by atoms with E-state index in [1.165, 1.54) is 0 Å². The van der Waals surface area contributed by atoms with Crippen LogP contribution in [0.4, 0.5) is 4.79 Å². The maximum absolute atomic E-state index is 12.7. The molecule has 1 amide bonds. The van der Waals surface area contributed by atoms with Gasteiger partial charge in [0.15, 0.2) is 0 Å². The van der Waals surface area contributed by atoms with Crippen molar-refractivity contribution in [2.24, 2.45) is 0 Å². The van der Waals surface area contributed by atoms with E-state index < -0.39 is 29.5 Å². The number of carbonyl (C=O) groups is 1. The van der Waals surface area contributed by atoms with E-state index in [1.807, 2.05) is 73.2 Å². The Morgan fingerprint density at radius 3 is 2.37 bits per heavy atom. The number of hydrogen-bond donors (Lipinski definition) is 0. The Balaban J connectivity index is 1.65. The first kappa shape index (κ1) is 23.1. The van der Waals surface area contributed by atoms with Crippen molar-refractivity contribution >= 4 is 18.7 Å².